The molecule has 0 radical (unpaired) electrons. The zero-order valence-electron chi connectivity index (χ0n) is 7.52. The SMILES string of the molecule is C=CCc1cc(C)c(F)c(C)c1. The maximum atomic E-state index is 13.1. The maximum absolute atomic E-state index is 13.1. The van der Waals surface area contributed by atoms with Crippen molar-refractivity contribution in [2.24, 2.45) is 0 Å². The van der Waals surface area contributed by atoms with Crippen LogP contribution in [0.3, 0.4) is 0 Å². The lowest BCUT2D eigenvalue weighted by molar-refractivity contribution is 0.608. The van der Waals surface area contributed by atoms with Gasteiger partial charge in [0, 0.05) is 0 Å². The van der Waals surface area contributed by atoms with Crippen LogP contribution in [0.2, 0.25) is 0 Å². The average molecular weight is 164 g/mol. The third kappa shape index (κ3) is 1.73. The predicted octanol–water partition coefficient (Wildman–Crippen LogP) is 3.17. The normalized spacial score (nSPS) is 9.92. The highest BCUT2D eigenvalue weighted by atomic mass is 19.1. The first-order valence-corrected chi connectivity index (χ1v) is 4.01. The van der Waals surface area contributed by atoms with E-state index in [1.165, 1.54) is 0 Å². The molecule has 1 heteroatoms. The van der Waals surface area contributed by atoms with Gasteiger partial charge in [0.15, 0.2) is 0 Å². The molecule has 1 rings (SSSR count). The first-order chi connectivity index (χ1) is 5.65. The van der Waals surface area contributed by atoms with Gasteiger partial charge >= 0.3 is 0 Å². The van der Waals surface area contributed by atoms with E-state index in [9.17, 15) is 4.39 Å². The van der Waals surface area contributed by atoms with Gasteiger partial charge in [0.2, 0.25) is 0 Å². The van der Waals surface area contributed by atoms with E-state index in [2.05, 4.69) is 6.58 Å². The van der Waals surface area contributed by atoms with Crippen molar-refractivity contribution in [2.45, 2.75) is 20.3 Å². The van der Waals surface area contributed by atoms with Gasteiger partial charge in [0.25, 0.3) is 0 Å². The van der Waals surface area contributed by atoms with Crippen molar-refractivity contribution < 1.29 is 4.39 Å². The molecule has 1 aromatic carbocycles. The molecule has 0 saturated heterocycles. The number of halogens is 1. The molecule has 0 nitrogen and oxygen atoms in total. The molecule has 64 valence electrons. The first kappa shape index (κ1) is 8.98. The van der Waals surface area contributed by atoms with Crippen LogP contribution in [0.1, 0.15) is 16.7 Å². The van der Waals surface area contributed by atoms with Crippen LogP contribution in [0.25, 0.3) is 0 Å². The van der Waals surface area contributed by atoms with Gasteiger partial charge in [-0.15, -0.1) is 6.58 Å². The van der Waals surface area contributed by atoms with E-state index in [1.807, 2.05) is 18.2 Å². The summed E-state index contributed by atoms with van der Waals surface area (Å²) in [6.07, 6.45) is 2.63. The molecule has 12 heavy (non-hydrogen) atoms. The summed E-state index contributed by atoms with van der Waals surface area (Å²) in [6.45, 7) is 7.22. The van der Waals surface area contributed by atoms with Crippen molar-refractivity contribution >= 4 is 0 Å². The Bertz CT molecular complexity index is 277. The second kappa shape index (κ2) is 3.53. The van der Waals surface area contributed by atoms with Gasteiger partial charge in [0.05, 0.1) is 0 Å². The highest BCUT2D eigenvalue weighted by Crippen LogP contribution is 2.14. The number of hydrogen-bond donors (Lipinski definition) is 0. The Balaban J connectivity index is 3.11. The van der Waals surface area contributed by atoms with E-state index in [-0.39, 0.29) is 5.82 Å². The summed E-state index contributed by atoms with van der Waals surface area (Å²) < 4.78 is 13.1. The Labute approximate surface area is 72.7 Å². The highest BCUT2D eigenvalue weighted by molar-refractivity contribution is 5.31. The molecule has 0 saturated carbocycles. The van der Waals surface area contributed by atoms with E-state index in [1.54, 1.807) is 13.8 Å². The molecule has 0 fully saturated rings. The standard InChI is InChI=1S/C11H13F/c1-4-5-10-6-8(2)11(12)9(3)7-10/h4,6-7H,1,5H2,2-3H3. The lowest BCUT2D eigenvalue weighted by Crippen LogP contribution is -1.91. The fourth-order valence-corrected chi connectivity index (χ4v) is 1.32. The van der Waals surface area contributed by atoms with Gasteiger partial charge in [-0.2, -0.15) is 0 Å². The quantitative estimate of drug-likeness (QED) is 0.589. The number of rotatable bonds is 2. The Morgan fingerprint density at radius 3 is 2.25 bits per heavy atom. The summed E-state index contributed by atoms with van der Waals surface area (Å²) >= 11 is 0. The number of allylic oxidation sites excluding steroid dienone is 1. The molecule has 0 aliphatic heterocycles. The van der Waals surface area contributed by atoms with Gasteiger partial charge in [-0.25, -0.2) is 4.39 Å². The lowest BCUT2D eigenvalue weighted by Gasteiger charge is -2.04. The van der Waals surface area contributed by atoms with Gasteiger partial charge in [-0.05, 0) is 37.0 Å². The Morgan fingerprint density at radius 1 is 1.33 bits per heavy atom. The fraction of sp³-hybridized carbons (Fsp3) is 0.273. The lowest BCUT2D eigenvalue weighted by atomic mass is 10.0. The second-order valence-electron chi connectivity index (χ2n) is 3.04. The maximum Gasteiger partial charge on any atom is 0.129 e. The van der Waals surface area contributed by atoms with Crippen molar-refractivity contribution in [3.05, 3.63) is 47.3 Å². The third-order valence-corrected chi connectivity index (χ3v) is 1.88. The minimum atomic E-state index is -0.0946. The van der Waals surface area contributed by atoms with Crippen molar-refractivity contribution in [1.82, 2.24) is 0 Å². The molecule has 0 unspecified atom stereocenters. The Hall–Kier alpha value is -1.11. The molecule has 0 aliphatic rings. The zero-order chi connectivity index (χ0) is 9.14. The zero-order valence-corrected chi connectivity index (χ0v) is 7.52. The molecule has 0 amide bonds. The van der Waals surface area contributed by atoms with Crippen LogP contribution in [0.15, 0.2) is 24.8 Å². The smallest absolute Gasteiger partial charge is 0.129 e. The minimum absolute atomic E-state index is 0.0946. The molecule has 0 spiro atoms. The van der Waals surface area contributed by atoms with E-state index in [0.717, 1.165) is 12.0 Å². The molecule has 0 bridgehead atoms. The minimum Gasteiger partial charge on any atom is -0.206 e. The van der Waals surface area contributed by atoms with Crippen LogP contribution in [0, 0.1) is 19.7 Å². The van der Waals surface area contributed by atoms with E-state index < -0.39 is 0 Å². The Kier molecular flexibility index (Phi) is 2.64. The van der Waals surface area contributed by atoms with Gasteiger partial charge < -0.3 is 0 Å². The summed E-state index contributed by atoms with van der Waals surface area (Å²) in [5, 5.41) is 0. The predicted molar refractivity (Wildman–Crippen MR) is 49.8 cm³/mol. The summed E-state index contributed by atoms with van der Waals surface area (Å²) in [5.74, 6) is -0.0946. The van der Waals surface area contributed by atoms with Crippen molar-refractivity contribution in [3.8, 4) is 0 Å². The molecule has 0 aliphatic carbocycles. The molecule has 0 aromatic heterocycles. The third-order valence-electron chi connectivity index (χ3n) is 1.88. The first-order valence-electron chi connectivity index (χ1n) is 4.01. The summed E-state index contributed by atoms with van der Waals surface area (Å²) in [4.78, 5) is 0. The fourth-order valence-electron chi connectivity index (χ4n) is 1.32. The summed E-state index contributed by atoms with van der Waals surface area (Å²) in [6, 6.07) is 3.73. The van der Waals surface area contributed by atoms with E-state index in [0.29, 0.717) is 11.1 Å². The van der Waals surface area contributed by atoms with Crippen LogP contribution >= 0.6 is 0 Å². The highest BCUT2D eigenvalue weighted by Gasteiger charge is 2.02. The summed E-state index contributed by atoms with van der Waals surface area (Å²) in [7, 11) is 0. The second-order valence-corrected chi connectivity index (χ2v) is 3.04. The molecule has 1 aromatic rings. The van der Waals surface area contributed by atoms with Gasteiger partial charge in [0.1, 0.15) is 5.82 Å². The van der Waals surface area contributed by atoms with E-state index >= 15 is 0 Å². The van der Waals surface area contributed by atoms with E-state index in [4.69, 9.17) is 0 Å². The number of hydrogen-bond acceptors (Lipinski definition) is 0. The van der Waals surface area contributed by atoms with Gasteiger partial charge in [-0.1, -0.05) is 18.2 Å². The van der Waals surface area contributed by atoms with Crippen LogP contribution < -0.4 is 0 Å². The molecular weight excluding hydrogens is 151 g/mol. The van der Waals surface area contributed by atoms with Crippen LogP contribution in [-0.4, -0.2) is 0 Å². The number of aryl methyl sites for hydroxylation is 2. The molecule has 0 heterocycles. The van der Waals surface area contributed by atoms with Crippen molar-refractivity contribution in [1.29, 1.82) is 0 Å². The van der Waals surface area contributed by atoms with Crippen molar-refractivity contribution in [2.75, 3.05) is 0 Å². The molecule has 0 N–H and O–H groups in total. The van der Waals surface area contributed by atoms with Gasteiger partial charge in [-0.3, -0.25) is 0 Å². The molecule has 0 atom stereocenters. The average Bonchev–Trinajstić information content (AvgIpc) is 2.01. The number of benzene rings is 1. The summed E-state index contributed by atoms with van der Waals surface area (Å²) in [5.41, 5.74) is 2.56. The molecular formula is C11H13F. The van der Waals surface area contributed by atoms with Crippen LogP contribution in [-0.2, 0) is 6.42 Å². The largest absolute Gasteiger partial charge is 0.206 e. The van der Waals surface area contributed by atoms with Crippen LogP contribution in [0.4, 0.5) is 4.39 Å². The van der Waals surface area contributed by atoms with Crippen molar-refractivity contribution in [3.63, 3.8) is 0 Å². The Morgan fingerprint density at radius 2 is 1.83 bits per heavy atom. The topological polar surface area (TPSA) is 0 Å². The van der Waals surface area contributed by atoms with Crippen LogP contribution in [0.5, 0.6) is 0 Å². The monoisotopic (exact) mass is 164 g/mol.